The van der Waals surface area contributed by atoms with E-state index in [2.05, 4.69) is 4.98 Å². The number of carbonyl (C=O) groups is 1. The van der Waals surface area contributed by atoms with Crippen molar-refractivity contribution in [3.8, 4) is 5.88 Å². The van der Waals surface area contributed by atoms with E-state index in [1.54, 1.807) is 23.2 Å². The smallest absolute Gasteiger partial charge is 0.410 e. The van der Waals surface area contributed by atoms with Gasteiger partial charge in [0.1, 0.15) is 11.7 Å². The zero-order chi connectivity index (χ0) is 14.8. The second-order valence-electron chi connectivity index (χ2n) is 5.88. The SMILES string of the molecule is CC(C)(C)OC(=O)N1CC[C@@H](Oc2cc(N)ccn2)C1. The predicted molar refractivity (Wildman–Crippen MR) is 75.5 cm³/mol. The van der Waals surface area contributed by atoms with Crippen LogP contribution in [0, 0.1) is 0 Å². The highest BCUT2D eigenvalue weighted by Crippen LogP contribution is 2.20. The average Bonchev–Trinajstić information content (AvgIpc) is 2.75. The molecule has 1 fully saturated rings. The standard InChI is InChI=1S/C14H21N3O3/c1-14(2,3)20-13(18)17-7-5-11(9-17)19-12-8-10(15)4-6-16-12/h4,6,8,11H,5,7,9H2,1-3H3,(H2,15,16)/t11-/m1/s1. The normalized spacial score (nSPS) is 18.9. The molecule has 1 aliphatic rings. The summed E-state index contributed by atoms with van der Waals surface area (Å²) in [7, 11) is 0. The van der Waals surface area contributed by atoms with Gasteiger partial charge in [0.05, 0.1) is 6.54 Å². The highest BCUT2D eigenvalue weighted by atomic mass is 16.6. The first-order valence-electron chi connectivity index (χ1n) is 6.69. The van der Waals surface area contributed by atoms with Crippen molar-refractivity contribution in [2.24, 2.45) is 0 Å². The molecule has 0 spiro atoms. The molecule has 6 heteroatoms. The summed E-state index contributed by atoms with van der Waals surface area (Å²) < 4.78 is 11.1. The number of nitrogen functional groups attached to an aromatic ring is 1. The van der Waals surface area contributed by atoms with Crippen LogP contribution in [-0.4, -0.2) is 40.8 Å². The molecule has 1 aliphatic heterocycles. The summed E-state index contributed by atoms with van der Waals surface area (Å²) in [4.78, 5) is 17.7. The van der Waals surface area contributed by atoms with Crippen LogP contribution in [0.25, 0.3) is 0 Å². The first kappa shape index (κ1) is 14.4. The number of nitrogens with two attached hydrogens (primary N) is 1. The van der Waals surface area contributed by atoms with Gasteiger partial charge in [-0.2, -0.15) is 0 Å². The van der Waals surface area contributed by atoms with E-state index in [0.717, 1.165) is 6.42 Å². The van der Waals surface area contributed by atoms with E-state index in [0.29, 0.717) is 24.7 Å². The molecule has 2 N–H and O–H groups in total. The van der Waals surface area contributed by atoms with Crippen molar-refractivity contribution >= 4 is 11.8 Å². The van der Waals surface area contributed by atoms with Gasteiger partial charge in [0.25, 0.3) is 0 Å². The maximum absolute atomic E-state index is 11.9. The molecule has 1 amide bonds. The topological polar surface area (TPSA) is 77.7 Å². The van der Waals surface area contributed by atoms with Crippen molar-refractivity contribution in [3.63, 3.8) is 0 Å². The number of carbonyl (C=O) groups excluding carboxylic acids is 1. The van der Waals surface area contributed by atoms with Crippen molar-refractivity contribution in [1.29, 1.82) is 0 Å². The van der Waals surface area contributed by atoms with Crippen molar-refractivity contribution in [1.82, 2.24) is 9.88 Å². The van der Waals surface area contributed by atoms with Crippen molar-refractivity contribution in [3.05, 3.63) is 18.3 Å². The average molecular weight is 279 g/mol. The number of likely N-dealkylation sites (tertiary alicyclic amines) is 1. The largest absolute Gasteiger partial charge is 0.472 e. The Kier molecular flexibility index (Phi) is 4.01. The Labute approximate surface area is 118 Å². The Morgan fingerprint density at radius 1 is 1.50 bits per heavy atom. The van der Waals surface area contributed by atoms with Crippen LogP contribution in [0.2, 0.25) is 0 Å². The lowest BCUT2D eigenvalue weighted by molar-refractivity contribution is 0.0275. The maximum atomic E-state index is 11.9. The van der Waals surface area contributed by atoms with E-state index in [-0.39, 0.29) is 12.2 Å². The number of ether oxygens (including phenoxy) is 2. The van der Waals surface area contributed by atoms with Crippen LogP contribution >= 0.6 is 0 Å². The van der Waals surface area contributed by atoms with Gasteiger partial charge in [-0.3, -0.25) is 0 Å². The van der Waals surface area contributed by atoms with Gasteiger partial charge in [0, 0.05) is 30.9 Å². The number of hydrogen-bond acceptors (Lipinski definition) is 5. The van der Waals surface area contributed by atoms with E-state index in [4.69, 9.17) is 15.2 Å². The highest BCUT2D eigenvalue weighted by Gasteiger charge is 2.31. The van der Waals surface area contributed by atoms with E-state index in [1.165, 1.54) is 0 Å². The lowest BCUT2D eigenvalue weighted by Gasteiger charge is -2.24. The fourth-order valence-electron chi connectivity index (χ4n) is 1.98. The third kappa shape index (κ3) is 4.01. The molecule has 0 radical (unpaired) electrons. The fourth-order valence-corrected chi connectivity index (χ4v) is 1.98. The molecule has 0 unspecified atom stereocenters. The van der Waals surface area contributed by atoms with Gasteiger partial charge in [-0.1, -0.05) is 0 Å². The van der Waals surface area contributed by atoms with Crippen LogP contribution in [0.3, 0.4) is 0 Å². The summed E-state index contributed by atoms with van der Waals surface area (Å²) in [5.74, 6) is 0.487. The molecule has 0 aromatic carbocycles. The molecule has 1 saturated heterocycles. The molecule has 0 aliphatic carbocycles. The first-order valence-corrected chi connectivity index (χ1v) is 6.69. The van der Waals surface area contributed by atoms with Gasteiger partial charge in [-0.05, 0) is 26.8 Å². The van der Waals surface area contributed by atoms with Crippen molar-refractivity contribution < 1.29 is 14.3 Å². The van der Waals surface area contributed by atoms with Crippen LogP contribution < -0.4 is 10.5 Å². The summed E-state index contributed by atoms with van der Waals surface area (Å²) in [5, 5.41) is 0. The van der Waals surface area contributed by atoms with Crippen LogP contribution in [-0.2, 0) is 4.74 Å². The minimum atomic E-state index is -0.481. The summed E-state index contributed by atoms with van der Waals surface area (Å²) in [6.45, 7) is 6.69. The Hall–Kier alpha value is -1.98. The molecule has 1 atom stereocenters. The van der Waals surface area contributed by atoms with E-state index in [9.17, 15) is 4.79 Å². The molecule has 0 bridgehead atoms. The zero-order valence-electron chi connectivity index (χ0n) is 12.1. The molecular formula is C14H21N3O3. The molecule has 0 saturated carbocycles. The number of nitrogens with zero attached hydrogens (tertiary/aromatic N) is 2. The second-order valence-corrected chi connectivity index (χ2v) is 5.88. The van der Waals surface area contributed by atoms with E-state index < -0.39 is 5.60 Å². The fraction of sp³-hybridized carbons (Fsp3) is 0.571. The highest BCUT2D eigenvalue weighted by molar-refractivity contribution is 5.68. The Bertz CT molecular complexity index is 485. The number of aromatic nitrogens is 1. The molecular weight excluding hydrogens is 258 g/mol. The summed E-state index contributed by atoms with van der Waals surface area (Å²) in [6.07, 6.45) is 1.99. The monoisotopic (exact) mass is 279 g/mol. The third-order valence-electron chi connectivity index (χ3n) is 2.84. The lowest BCUT2D eigenvalue weighted by atomic mass is 10.2. The number of anilines is 1. The van der Waals surface area contributed by atoms with Crippen molar-refractivity contribution in [2.45, 2.75) is 38.9 Å². The molecule has 2 rings (SSSR count). The molecule has 1 aromatic heterocycles. The predicted octanol–water partition coefficient (Wildman–Crippen LogP) is 2.05. The van der Waals surface area contributed by atoms with Crippen LogP contribution in [0.4, 0.5) is 10.5 Å². The lowest BCUT2D eigenvalue weighted by Crippen LogP contribution is -2.36. The summed E-state index contributed by atoms with van der Waals surface area (Å²) in [5.41, 5.74) is 5.80. The second kappa shape index (κ2) is 5.56. The van der Waals surface area contributed by atoms with Gasteiger partial charge >= 0.3 is 6.09 Å². The Balaban J connectivity index is 1.88. The van der Waals surface area contributed by atoms with Gasteiger partial charge in [0.2, 0.25) is 5.88 Å². The molecule has 110 valence electrons. The number of amides is 1. The quantitative estimate of drug-likeness (QED) is 0.896. The number of hydrogen-bond donors (Lipinski definition) is 1. The van der Waals surface area contributed by atoms with Crippen LogP contribution in [0.1, 0.15) is 27.2 Å². The van der Waals surface area contributed by atoms with Crippen LogP contribution in [0.15, 0.2) is 18.3 Å². The van der Waals surface area contributed by atoms with Gasteiger partial charge < -0.3 is 20.1 Å². The Morgan fingerprint density at radius 3 is 2.90 bits per heavy atom. The van der Waals surface area contributed by atoms with Crippen LogP contribution in [0.5, 0.6) is 5.88 Å². The first-order chi connectivity index (χ1) is 9.33. The van der Waals surface area contributed by atoms with Gasteiger partial charge in [-0.25, -0.2) is 9.78 Å². The molecule has 20 heavy (non-hydrogen) atoms. The maximum Gasteiger partial charge on any atom is 0.410 e. The number of rotatable bonds is 2. The molecule has 1 aromatic rings. The Morgan fingerprint density at radius 2 is 2.25 bits per heavy atom. The minimum Gasteiger partial charge on any atom is -0.472 e. The molecule has 2 heterocycles. The van der Waals surface area contributed by atoms with Gasteiger partial charge in [-0.15, -0.1) is 0 Å². The van der Waals surface area contributed by atoms with E-state index >= 15 is 0 Å². The number of pyridine rings is 1. The summed E-state index contributed by atoms with van der Waals surface area (Å²) in [6, 6.07) is 3.38. The summed E-state index contributed by atoms with van der Waals surface area (Å²) >= 11 is 0. The molecule has 6 nitrogen and oxygen atoms in total. The van der Waals surface area contributed by atoms with E-state index in [1.807, 2.05) is 20.8 Å². The minimum absolute atomic E-state index is 0.0724. The third-order valence-corrected chi connectivity index (χ3v) is 2.84. The van der Waals surface area contributed by atoms with Gasteiger partial charge in [0.15, 0.2) is 0 Å². The zero-order valence-corrected chi connectivity index (χ0v) is 12.1. The van der Waals surface area contributed by atoms with Crippen molar-refractivity contribution in [2.75, 3.05) is 18.8 Å².